The van der Waals surface area contributed by atoms with Gasteiger partial charge >= 0.3 is 0 Å². The third-order valence-electron chi connectivity index (χ3n) is 6.36. The van der Waals surface area contributed by atoms with E-state index in [2.05, 4.69) is 48.5 Å². The normalized spacial score (nSPS) is 14.8. The van der Waals surface area contributed by atoms with E-state index < -0.39 is 0 Å². The van der Waals surface area contributed by atoms with Crippen LogP contribution in [0.3, 0.4) is 0 Å². The third-order valence-corrected chi connectivity index (χ3v) is 7.53. The molecule has 0 atom stereocenters. The summed E-state index contributed by atoms with van der Waals surface area (Å²) in [5, 5.41) is 3.98. The highest BCUT2D eigenvalue weighted by Crippen LogP contribution is 2.33. The van der Waals surface area contributed by atoms with Gasteiger partial charge in [0, 0.05) is 26.6 Å². The number of hydrogen-bond acceptors (Lipinski definition) is 6. The molecule has 2 aliphatic heterocycles. The second-order valence-corrected chi connectivity index (χ2v) is 10.9. The number of carbonyl (C=O) groups is 1. The van der Waals surface area contributed by atoms with Gasteiger partial charge in [-0.1, -0.05) is 34.1 Å². The molecule has 184 valence electrons. The molecule has 0 saturated carbocycles. The fourth-order valence-corrected chi connectivity index (χ4v) is 5.51. The van der Waals surface area contributed by atoms with Crippen molar-refractivity contribution in [1.82, 2.24) is 14.6 Å². The summed E-state index contributed by atoms with van der Waals surface area (Å²) in [6.07, 6.45) is 0.392. The molecule has 3 heterocycles. The van der Waals surface area contributed by atoms with Crippen LogP contribution >= 0.6 is 38.5 Å². The number of nitrogens with zero attached hydrogens (tertiary/aromatic N) is 6. The number of hydrazine groups is 1. The highest BCUT2D eigenvalue weighted by Gasteiger charge is 2.37. The van der Waals surface area contributed by atoms with Crippen LogP contribution < -0.4 is 10.6 Å². The van der Waals surface area contributed by atoms with Gasteiger partial charge in [0.2, 0.25) is 0 Å². The molecule has 0 saturated heterocycles. The maximum Gasteiger partial charge on any atom is 0.267 e. The number of para-hydroxylation sites is 1. The van der Waals surface area contributed by atoms with Crippen LogP contribution in [0, 0.1) is 10.5 Å². The SMILES string of the molecule is Cc1nc2ccc(Br)cc2c(=O)n1CCC1=Nc2ccc(I)cc2C2=NCC(=O)N(c3ccccc3)N12. The van der Waals surface area contributed by atoms with Crippen molar-refractivity contribution in [2.75, 3.05) is 11.6 Å². The van der Waals surface area contributed by atoms with Gasteiger partial charge in [0.25, 0.3) is 11.5 Å². The maximum absolute atomic E-state index is 13.4. The Morgan fingerprint density at radius 2 is 1.81 bits per heavy atom. The Kier molecular flexibility index (Phi) is 6.15. The van der Waals surface area contributed by atoms with E-state index in [1.165, 1.54) is 0 Å². The van der Waals surface area contributed by atoms with E-state index in [-0.39, 0.29) is 18.0 Å². The number of carbonyl (C=O) groups excluding carboxylic acids is 1. The average molecular weight is 667 g/mol. The topological polar surface area (TPSA) is 83.2 Å². The van der Waals surface area contributed by atoms with Gasteiger partial charge in [-0.3, -0.25) is 19.1 Å². The van der Waals surface area contributed by atoms with E-state index in [0.29, 0.717) is 41.4 Å². The molecule has 0 spiro atoms. The number of aliphatic imine (C=N–C) groups is 2. The van der Waals surface area contributed by atoms with Crippen LogP contribution in [0.2, 0.25) is 0 Å². The van der Waals surface area contributed by atoms with Crippen LogP contribution in [-0.2, 0) is 11.3 Å². The zero-order chi connectivity index (χ0) is 25.7. The molecule has 8 nitrogen and oxygen atoms in total. The summed E-state index contributed by atoms with van der Waals surface area (Å²) in [6, 6.07) is 21.0. The summed E-state index contributed by atoms with van der Waals surface area (Å²) in [7, 11) is 0. The van der Waals surface area contributed by atoms with Crippen LogP contribution in [-0.4, -0.2) is 38.7 Å². The molecule has 0 fully saturated rings. The van der Waals surface area contributed by atoms with Crippen molar-refractivity contribution in [3.63, 3.8) is 0 Å². The predicted octanol–water partition coefficient (Wildman–Crippen LogP) is 5.22. The minimum atomic E-state index is -0.151. The molecule has 0 N–H and O–H groups in total. The van der Waals surface area contributed by atoms with Crippen LogP contribution in [0.1, 0.15) is 17.8 Å². The molecule has 0 unspecified atom stereocenters. The molecular weight excluding hydrogens is 647 g/mol. The molecule has 0 aliphatic carbocycles. The Labute approximate surface area is 234 Å². The van der Waals surface area contributed by atoms with Gasteiger partial charge in [0.1, 0.15) is 18.2 Å². The Bertz CT molecular complexity index is 1700. The second kappa shape index (κ2) is 9.49. The van der Waals surface area contributed by atoms with Crippen molar-refractivity contribution in [2.45, 2.75) is 19.9 Å². The minimum Gasteiger partial charge on any atom is -0.296 e. The van der Waals surface area contributed by atoms with Crippen molar-refractivity contribution >= 4 is 78.4 Å². The van der Waals surface area contributed by atoms with Crippen LogP contribution in [0.25, 0.3) is 10.9 Å². The first-order chi connectivity index (χ1) is 17.9. The number of anilines is 1. The minimum absolute atomic E-state index is 0.0426. The third kappa shape index (κ3) is 4.27. The van der Waals surface area contributed by atoms with E-state index in [4.69, 9.17) is 4.99 Å². The van der Waals surface area contributed by atoms with Crippen LogP contribution in [0.15, 0.2) is 86.0 Å². The molecule has 37 heavy (non-hydrogen) atoms. The molecule has 2 aliphatic rings. The summed E-state index contributed by atoms with van der Waals surface area (Å²) in [5.74, 6) is 1.77. The Balaban J connectivity index is 1.45. The Hall–Kier alpha value is -3.38. The molecule has 3 aromatic carbocycles. The Morgan fingerprint density at radius 3 is 2.62 bits per heavy atom. The van der Waals surface area contributed by atoms with Gasteiger partial charge < -0.3 is 0 Å². The van der Waals surface area contributed by atoms with Gasteiger partial charge in [0.05, 0.1) is 22.3 Å². The zero-order valence-electron chi connectivity index (χ0n) is 19.7. The van der Waals surface area contributed by atoms with E-state index in [9.17, 15) is 9.59 Å². The Morgan fingerprint density at radius 1 is 1.00 bits per heavy atom. The number of hydrogen-bond donors (Lipinski definition) is 0. The quantitative estimate of drug-likeness (QED) is 0.280. The average Bonchev–Trinajstić information content (AvgIpc) is 2.89. The lowest BCUT2D eigenvalue weighted by Crippen LogP contribution is -2.58. The molecule has 1 amide bonds. The lowest BCUT2D eigenvalue weighted by atomic mass is 10.1. The second-order valence-electron chi connectivity index (χ2n) is 8.71. The number of fused-ring (bicyclic) bond motifs is 4. The van der Waals surface area contributed by atoms with E-state index in [0.717, 1.165) is 25.0 Å². The molecule has 6 rings (SSSR count). The van der Waals surface area contributed by atoms with E-state index in [1.54, 1.807) is 20.7 Å². The number of benzene rings is 3. The van der Waals surface area contributed by atoms with Crippen molar-refractivity contribution in [1.29, 1.82) is 0 Å². The first-order valence-electron chi connectivity index (χ1n) is 11.7. The lowest BCUT2D eigenvalue weighted by molar-refractivity contribution is -0.119. The predicted molar refractivity (Wildman–Crippen MR) is 156 cm³/mol. The lowest BCUT2D eigenvalue weighted by Gasteiger charge is -2.42. The van der Waals surface area contributed by atoms with E-state index in [1.807, 2.05) is 67.6 Å². The molecule has 0 radical (unpaired) electrons. The zero-order valence-corrected chi connectivity index (χ0v) is 23.5. The molecule has 0 bridgehead atoms. The number of amides is 1. The number of aryl methyl sites for hydroxylation is 1. The van der Waals surface area contributed by atoms with Crippen molar-refractivity contribution in [3.05, 3.63) is 96.5 Å². The molecule has 4 aromatic rings. The van der Waals surface area contributed by atoms with Crippen molar-refractivity contribution in [3.8, 4) is 0 Å². The maximum atomic E-state index is 13.4. The first kappa shape index (κ1) is 24.0. The molecule has 1 aromatic heterocycles. The summed E-state index contributed by atoms with van der Waals surface area (Å²) in [6.45, 7) is 2.22. The van der Waals surface area contributed by atoms with Gasteiger partial charge in [-0.05, 0) is 78.0 Å². The molecular formula is C27H20BrIN6O2. The number of amidine groups is 2. The summed E-state index contributed by atoms with van der Waals surface area (Å²) < 4.78 is 3.54. The number of halogens is 2. The largest absolute Gasteiger partial charge is 0.296 e. The van der Waals surface area contributed by atoms with Gasteiger partial charge in [0.15, 0.2) is 5.84 Å². The number of rotatable bonds is 4. The smallest absolute Gasteiger partial charge is 0.267 e. The summed E-state index contributed by atoms with van der Waals surface area (Å²) in [4.78, 5) is 40.8. The molecule has 10 heteroatoms. The summed E-state index contributed by atoms with van der Waals surface area (Å²) >= 11 is 5.72. The summed E-state index contributed by atoms with van der Waals surface area (Å²) in [5.41, 5.74) is 2.93. The van der Waals surface area contributed by atoms with Gasteiger partial charge in [-0.25, -0.2) is 20.0 Å². The fraction of sp³-hybridized carbons (Fsp3) is 0.148. The van der Waals surface area contributed by atoms with Crippen molar-refractivity contribution < 1.29 is 4.79 Å². The van der Waals surface area contributed by atoms with Crippen LogP contribution in [0.5, 0.6) is 0 Å². The highest BCUT2D eigenvalue weighted by atomic mass is 127. The van der Waals surface area contributed by atoms with Gasteiger partial charge in [-0.2, -0.15) is 0 Å². The van der Waals surface area contributed by atoms with Gasteiger partial charge in [-0.15, -0.1) is 0 Å². The number of aromatic nitrogens is 2. The van der Waals surface area contributed by atoms with Crippen molar-refractivity contribution in [2.24, 2.45) is 9.98 Å². The van der Waals surface area contributed by atoms with Crippen LogP contribution in [0.4, 0.5) is 11.4 Å². The monoisotopic (exact) mass is 666 g/mol. The van der Waals surface area contributed by atoms with E-state index >= 15 is 0 Å². The standard InChI is InChI=1S/C27H20BrIN6O2/c1-16-31-23-9-7-17(28)13-21(23)27(37)33(16)12-11-24-32-22-10-8-18(29)14-20(22)26-30-15-25(36)34(35(24)26)19-5-3-2-4-6-19/h2-10,13-14H,11-12,15H2,1H3. The highest BCUT2D eigenvalue weighted by molar-refractivity contribution is 14.1. The fourth-order valence-electron chi connectivity index (χ4n) is 4.66. The first-order valence-corrected chi connectivity index (χ1v) is 13.5.